The zero-order valence-corrected chi connectivity index (χ0v) is 20.0. The van der Waals surface area contributed by atoms with Gasteiger partial charge in [-0.3, -0.25) is 4.79 Å². The fourth-order valence-corrected chi connectivity index (χ4v) is 4.30. The molecule has 0 saturated heterocycles. The summed E-state index contributed by atoms with van der Waals surface area (Å²) in [4.78, 5) is 23.4. The Hall–Kier alpha value is -2.74. The fourth-order valence-electron chi connectivity index (χ4n) is 3.18. The maximum atomic E-state index is 13.4. The second kappa shape index (κ2) is 9.81. The molecule has 1 aromatic carbocycles. The lowest BCUT2D eigenvalue weighted by atomic mass is 10.2. The first kappa shape index (κ1) is 22.5. The van der Waals surface area contributed by atoms with E-state index in [1.54, 1.807) is 30.3 Å². The van der Waals surface area contributed by atoms with Crippen LogP contribution in [0.4, 0.5) is 0 Å². The van der Waals surface area contributed by atoms with E-state index in [-0.39, 0.29) is 5.56 Å². The van der Waals surface area contributed by atoms with Crippen LogP contribution in [0.2, 0.25) is 10.0 Å². The molecule has 0 spiro atoms. The molecule has 0 aliphatic rings. The highest BCUT2D eigenvalue weighted by Crippen LogP contribution is 2.28. The lowest BCUT2D eigenvalue weighted by Gasteiger charge is -2.12. The van der Waals surface area contributed by atoms with Crippen molar-refractivity contribution in [2.45, 2.75) is 19.8 Å². The van der Waals surface area contributed by atoms with Crippen LogP contribution in [0.3, 0.4) is 0 Å². The van der Waals surface area contributed by atoms with E-state index in [9.17, 15) is 4.79 Å². The Morgan fingerprint density at radius 3 is 2.75 bits per heavy atom. The van der Waals surface area contributed by atoms with Crippen molar-refractivity contribution in [3.05, 3.63) is 73.9 Å². The van der Waals surface area contributed by atoms with Crippen LogP contribution in [-0.2, 0) is 0 Å². The van der Waals surface area contributed by atoms with Crippen LogP contribution in [0.15, 0.2) is 57.9 Å². The largest absolute Gasteiger partial charge is 0.300 e. The highest BCUT2D eigenvalue weighted by molar-refractivity contribution is 7.13. The lowest BCUT2D eigenvalue weighted by molar-refractivity contribution is 0.349. The Balaban J connectivity index is 1.82. The van der Waals surface area contributed by atoms with Crippen molar-refractivity contribution in [3.63, 3.8) is 0 Å². The van der Waals surface area contributed by atoms with E-state index in [2.05, 4.69) is 17.0 Å². The van der Waals surface area contributed by atoms with Crippen LogP contribution in [0.5, 0.6) is 0 Å². The number of hydrazone groups is 1. The Morgan fingerprint density at radius 1 is 1.19 bits per heavy atom. The van der Waals surface area contributed by atoms with E-state index in [4.69, 9.17) is 28.2 Å². The quantitative estimate of drug-likeness (QED) is 0.242. The maximum absolute atomic E-state index is 13.4. The number of nitrogens with zero attached hydrogens (tertiary/aromatic N) is 5. The van der Waals surface area contributed by atoms with Gasteiger partial charge in [0.2, 0.25) is 0 Å². The molecule has 0 radical (unpaired) electrons. The molecule has 0 aliphatic carbocycles. The van der Waals surface area contributed by atoms with E-state index in [1.807, 2.05) is 29.7 Å². The van der Waals surface area contributed by atoms with Crippen molar-refractivity contribution in [2.24, 2.45) is 5.10 Å². The number of unbranched alkanes of at least 4 members (excludes halogenated alkanes) is 1. The van der Waals surface area contributed by atoms with Gasteiger partial charge in [-0.15, -0.1) is 11.3 Å². The van der Waals surface area contributed by atoms with Gasteiger partial charge in [0.25, 0.3) is 5.56 Å². The minimum Gasteiger partial charge on any atom is -0.300 e. The number of hydrogen-bond donors (Lipinski definition) is 0. The first-order valence-corrected chi connectivity index (χ1v) is 11.8. The summed E-state index contributed by atoms with van der Waals surface area (Å²) < 4.78 is 1.50. The van der Waals surface area contributed by atoms with Gasteiger partial charge in [-0.2, -0.15) is 5.10 Å². The molecular formula is C23H21Cl2N5OS. The first-order chi connectivity index (χ1) is 15.5. The smallest absolute Gasteiger partial charge is 0.267 e. The van der Waals surface area contributed by atoms with Gasteiger partial charge in [0, 0.05) is 35.8 Å². The third-order valence-corrected chi connectivity index (χ3v) is 6.25. The minimum absolute atomic E-state index is 0.245. The monoisotopic (exact) mass is 485 g/mol. The summed E-state index contributed by atoms with van der Waals surface area (Å²) in [6.45, 7) is 3.06. The Labute approximate surface area is 199 Å². The second-order valence-corrected chi connectivity index (χ2v) is 9.08. The van der Waals surface area contributed by atoms with Crippen molar-refractivity contribution in [1.82, 2.24) is 19.5 Å². The summed E-state index contributed by atoms with van der Waals surface area (Å²) in [6, 6.07) is 10.5. The first-order valence-electron chi connectivity index (χ1n) is 10.1. The number of hydrogen-bond acceptors (Lipinski definition) is 6. The van der Waals surface area contributed by atoms with Gasteiger partial charge >= 0.3 is 0 Å². The van der Waals surface area contributed by atoms with Crippen molar-refractivity contribution >= 4 is 51.7 Å². The van der Waals surface area contributed by atoms with Crippen molar-refractivity contribution in [3.8, 4) is 16.5 Å². The SMILES string of the molecule is CCCCN(C)N=Cc1csc(-c2nc3ccc(Cl)cc3c(=O)n2-c2ccc(Cl)cn2)c1. The van der Waals surface area contributed by atoms with E-state index in [0.717, 1.165) is 29.8 Å². The molecule has 0 N–H and O–H groups in total. The van der Waals surface area contributed by atoms with Crippen LogP contribution in [0.1, 0.15) is 25.3 Å². The van der Waals surface area contributed by atoms with Gasteiger partial charge in [0.1, 0.15) is 5.82 Å². The topological polar surface area (TPSA) is 63.4 Å². The van der Waals surface area contributed by atoms with Crippen molar-refractivity contribution in [2.75, 3.05) is 13.6 Å². The summed E-state index contributed by atoms with van der Waals surface area (Å²) in [6.07, 6.45) is 5.54. The molecule has 0 aliphatic heterocycles. The number of fused-ring (bicyclic) bond motifs is 1. The zero-order chi connectivity index (χ0) is 22.7. The number of halogens is 2. The molecule has 6 nitrogen and oxygen atoms in total. The number of pyridine rings is 1. The average Bonchev–Trinajstić information content (AvgIpc) is 3.26. The molecule has 0 fully saturated rings. The highest BCUT2D eigenvalue weighted by Gasteiger charge is 2.17. The van der Waals surface area contributed by atoms with Gasteiger partial charge < -0.3 is 5.01 Å². The van der Waals surface area contributed by atoms with Crippen LogP contribution in [0.25, 0.3) is 27.4 Å². The molecule has 9 heteroatoms. The Morgan fingerprint density at radius 2 is 2.00 bits per heavy atom. The normalized spacial score (nSPS) is 11.5. The number of rotatable bonds is 7. The zero-order valence-electron chi connectivity index (χ0n) is 17.6. The van der Waals surface area contributed by atoms with Crippen LogP contribution in [0, 0.1) is 0 Å². The molecule has 0 atom stereocenters. The summed E-state index contributed by atoms with van der Waals surface area (Å²) >= 11 is 13.6. The molecule has 0 unspecified atom stereocenters. The molecular weight excluding hydrogens is 465 g/mol. The predicted molar refractivity (Wildman–Crippen MR) is 134 cm³/mol. The minimum atomic E-state index is -0.245. The molecule has 32 heavy (non-hydrogen) atoms. The van der Waals surface area contributed by atoms with E-state index >= 15 is 0 Å². The van der Waals surface area contributed by atoms with Gasteiger partial charge in [-0.1, -0.05) is 36.5 Å². The molecule has 164 valence electrons. The van der Waals surface area contributed by atoms with E-state index in [1.165, 1.54) is 22.1 Å². The summed E-state index contributed by atoms with van der Waals surface area (Å²) in [5.74, 6) is 0.940. The van der Waals surface area contributed by atoms with E-state index < -0.39 is 0 Å². The molecule has 0 saturated carbocycles. The summed E-state index contributed by atoms with van der Waals surface area (Å²) in [7, 11) is 1.96. The number of aromatic nitrogens is 3. The fraction of sp³-hybridized carbons (Fsp3) is 0.217. The number of thiophene rings is 1. The lowest BCUT2D eigenvalue weighted by Crippen LogP contribution is -2.22. The van der Waals surface area contributed by atoms with Gasteiger partial charge in [-0.05, 0) is 42.8 Å². The third kappa shape index (κ3) is 4.85. The summed E-state index contributed by atoms with van der Waals surface area (Å²) in [5.41, 5.74) is 1.27. The van der Waals surface area contributed by atoms with Gasteiger partial charge in [-0.25, -0.2) is 14.5 Å². The van der Waals surface area contributed by atoms with Crippen LogP contribution in [-0.4, -0.2) is 39.4 Å². The van der Waals surface area contributed by atoms with Crippen LogP contribution >= 0.6 is 34.5 Å². The number of benzene rings is 1. The Bertz CT molecular complexity index is 1330. The molecule has 4 rings (SSSR count). The maximum Gasteiger partial charge on any atom is 0.267 e. The summed E-state index contributed by atoms with van der Waals surface area (Å²) in [5, 5.41) is 9.79. The second-order valence-electron chi connectivity index (χ2n) is 7.30. The molecule has 3 heterocycles. The molecule has 0 amide bonds. The molecule has 0 bridgehead atoms. The highest BCUT2D eigenvalue weighted by atomic mass is 35.5. The third-order valence-electron chi connectivity index (χ3n) is 4.85. The standard InChI is InChI=1S/C23H21Cl2N5OS/c1-3-4-9-29(2)27-12-15-10-20(32-14-15)22-28-19-7-5-16(24)11-18(19)23(31)30(22)21-8-6-17(25)13-26-21/h5-8,10-14H,3-4,9H2,1-2H3. The van der Waals surface area contributed by atoms with Gasteiger partial charge in [0.15, 0.2) is 5.82 Å². The van der Waals surface area contributed by atoms with Crippen molar-refractivity contribution < 1.29 is 0 Å². The van der Waals surface area contributed by atoms with E-state index in [0.29, 0.717) is 32.6 Å². The molecule has 4 aromatic rings. The van der Waals surface area contributed by atoms with Crippen LogP contribution < -0.4 is 5.56 Å². The predicted octanol–water partition coefficient (Wildman–Crippen LogP) is 5.88. The van der Waals surface area contributed by atoms with Gasteiger partial charge in [0.05, 0.1) is 27.0 Å². The van der Waals surface area contributed by atoms with Crippen molar-refractivity contribution in [1.29, 1.82) is 0 Å². The Kier molecular flexibility index (Phi) is 6.89. The molecule has 3 aromatic heterocycles. The average molecular weight is 486 g/mol.